The van der Waals surface area contributed by atoms with Crippen LogP contribution in [0.3, 0.4) is 0 Å². The van der Waals surface area contributed by atoms with E-state index < -0.39 is 11.8 Å². The van der Waals surface area contributed by atoms with Crippen molar-refractivity contribution in [3.63, 3.8) is 0 Å². The summed E-state index contributed by atoms with van der Waals surface area (Å²) in [7, 11) is 1.95. The number of para-hydroxylation sites is 1. The van der Waals surface area contributed by atoms with Crippen molar-refractivity contribution in [2.75, 3.05) is 43.0 Å². The van der Waals surface area contributed by atoms with E-state index in [1.165, 1.54) is 16.7 Å². The summed E-state index contributed by atoms with van der Waals surface area (Å²) in [5.41, 5.74) is 7.44. The van der Waals surface area contributed by atoms with Gasteiger partial charge in [-0.3, -0.25) is 0 Å². The maximum Gasteiger partial charge on any atom is 0.266 e. The van der Waals surface area contributed by atoms with Gasteiger partial charge in [0.2, 0.25) is 0 Å². The number of rotatable bonds is 8. The Balaban J connectivity index is 0.000000254. The number of hydrogen-bond donors (Lipinski definition) is 1. The number of pyridine rings is 1. The molecule has 2 fully saturated rings. The fraction of sp³-hybridized carbons (Fsp3) is 0.548. The van der Waals surface area contributed by atoms with Crippen molar-refractivity contribution in [1.82, 2.24) is 10.3 Å². The number of hydrogen-bond acceptors (Lipinski definition) is 4. The van der Waals surface area contributed by atoms with Crippen LogP contribution in [0.1, 0.15) is 128 Å². The molecule has 1 aromatic heterocycles. The van der Waals surface area contributed by atoms with E-state index in [2.05, 4.69) is 96.2 Å². The number of anilines is 2. The summed E-state index contributed by atoms with van der Waals surface area (Å²) < 4.78 is 52.6. The smallest absolute Gasteiger partial charge is 0.266 e. The molecule has 0 aliphatic carbocycles. The van der Waals surface area contributed by atoms with Crippen molar-refractivity contribution in [2.24, 2.45) is 0 Å². The molecule has 278 valence electrons. The molecular weight excluding hydrogens is 636 g/mol. The molecule has 0 saturated carbocycles. The molecule has 1 atom stereocenters. The Morgan fingerprint density at radius 3 is 1.62 bits per heavy atom. The lowest BCUT2D eigenvalue weighted by Gasteiger charge is -2.23. The molecule has 0 spiro atoms. The molecule has 2 saturated heterocycles. The van der Waals surface area contributed by atoms with Gasteiger partial charge in [0, 0.05) is 50.8 Å². The minimum absolute atomic E-state index is 0.0283. The highest BCUT2D eigenvalue weighted by Crippen LogP contribution is 2.36. The van der Waals surface area contributed by atoms with E-state index in [4.69, 9.17) is 0 Å². The highest BCUT2D eigenvalue weighted by atomic mass is 19.3. The van der Waals surface area contributed by atoms with Crippen molar-refractivity contribution in [3.05, 3.63) is 101 Å². The molecule has 3 heterocycles. The number of aromatic nitrogens is 1. The number of benzene rings is 2. The van der Waals surface area contributed by atoms with E-state index in [-0.39, 0.29) is 25.9 Å². The maximum atomic E-state index is 13.2. The lowest BCUT2D eigenvalue weighted by Crippen LogP contribution is -2.26. The van der Waals surface area contributed by atoms with Gasteiger partial charge in [-0.25, -0.2) is 22.5 Å². The predicted molar refractivity (Wildman–Crippen MR) is 206 cm³/mol. The first kappa shape index (κ1) is 42.6. The van der Waals surface area contributed by atoms with Crippen LogP contribution >= 0.6 is 0 Å². The van der Waals surface area contributed by atoms with E-state index in [0.29, 0.717) is 36.8 Å². The second-order valence-electron chi connectivity index (χ2n) is 14.0. The van der Waals surface area contributed by atoms with Crippen LogP contribution in [-0.4, -0.2) is 50.1 Å². The van der Waals surface area contributed by atoms with Crippen LogP contribution in [0.25, 0.3) is 0 Å². The molecule has 1 N–H and O–H groups in total. The second-order valence-corrected chi connectivity index (χ2v) is 14.0. The van der Waals surface area contributed by atoms with Crippen molar-refractivity contribution >= 4 is 11.5 Å². The summed E-state index contributed by atoms with van der Waals surface area (Å²) in [6.07, 6.45) is 3.65. The van der Waals surface area contributed by atoms with E-state index in [1.54, 1.807) is 16.0 Å². The van der Waals surface area contributed by atoms with Gasteiger partial charge < -0.3 is 15.1 Å². The first-order valence-corrected chi connectivity index (χ1v) is 18.3. The van der Waals surface area contributed by atoms with Crippen molar-refractivity contribution in [2.45, 2.75) is 118 Å². The summed E-state index contributed by atoms with van der Waals surface area (Å²) in [5.74, 6) is -2.64. The van der Waals surface area contributed by atoms with Gasteiger partial charge in [0.15, 0.2) is 0 Å². The molecule has 1 unspecified atom stereocenters. The van der Waals surface area contributed by atoms with Gasteiger partial charge in [-0.05, 0) is 65.3 Å². The predicted octanol–water partition coefficient (Wildman–Crippen LogP) is 11.8. The zero-order chi connectivity index (χ0) is 37.6. The van der Waals surface area contributed by atoms with Crippen LogP contribution in [0.5, 0.6) is 0 Å². The Kier molecular flexibility index (Phi) is 16.8. The van der Waals surface area contributed by atoms with E-state index in [0.717, 1.165) is 22.6 Å². The number of nitrogens with one attached hydrogen (secondary N) is 1. The average Bonchev–Trinajstić information content (AvgIpc) is 3.65. The lowest BCUT2D eigenvalue weighted by molar-refractivity contribution is 0.0250. The molecule has 3 aromatic rings. The number of halogens is 4. The Morgan fingerprint density at radius 2 is 1.14 bits per heavy atom. The SMILES string of the molecule is CC.CC(C)c1ccccc1N1CCC(F)(F)C1.CC(C)c1cccnc1N1CCC(F)(F)C1.CN/C=C(\C)C(C)c1ccccc1C(C)C. The van der Waals surface area contributed by atoms with Crippen LogP contribution < -0.4 is 15.1 Å². The van der Waals surface area contributed by atoms with Gasteiger partial charge >= 0.3 is 0 Å². The van der Waals surface area contributed by atoms with Crippen LogP contribution in [0.2, 0.25) is 0 Å². The van der Waals surface area contributed by atoms with Gasteiger partial charge in [0.05, 0.1) is 13.1 Å². The summed E-state index contributed by atoms with van der Waals surface area (Å²) in [4.78, 5) is 7.73. The first-order chi connectivity index (χ1) is 23.6. The summed E-state index contributed by atoms with van der Waals surface area (Å²) >= 11 is 0. The minimum atomic E-state index is -2.56. The molecule has 2 aliphatic heterocycles. The maximum absolute atomic E-state index is 13.2. The summed E-state index contributed by atoms with van der Waals surface area (Å²) in [5, 5.41) is 3.10. The fourth-order valence-electron chi connectivity index (χ4n) is 6.28. The lowest BCUT2D eigenvalue weighted by atomic mass is 9.86. The monoisotopic (exact) mass is 698 g/mol. The molecule has 2 aliphatic rings. The average molecular weight is 699 g/mol. The Bertz CT molecular complexity index is 1390. The Morgan fingerprint density at radius 1 is 0.680 bits per heavy atom. The molecule has 0 bridgehead atoms. The van der Waals surface area contributed by atoms with Gasteiger partial charge in [-0.2, -0.15) is 0 Å². The number of allylic oxidation sites excluding steroid dienone is 1. The highest BCUT2D eigenvalue weighted by molar-refractivity contribution is 5.56. The van der Waals surface area contributed by atoms with Gasteiger partial charge in [0.25, 0.3) is 11.8 Å². The molecule has 2 aromatic carbocycles. The van der Waals surface area contributed by atoms with Crippen molar-refractivity contribution in [3.8, 4) is 0 Å². The fourth-order valence-corrected chi connectivity index (χ4v) is 6.28. The van der Waals surface area contributed by atoms with Crippen molar-refractivity contribution < 1.29 is 17.6 Å². The largest absolute Gasteiger partial charge is 0.394 e. The molecule has 4 nitrogen and oxygen atoms in total. The zero-order valence-corrected chi connectivity index (χ0v) is 32.3. The van der Waals surface area contributed by atoms with E-state index in [9.17, 15) is 17.6 Å². The molecule has 8 heteroatoms. The molecular formula is C42H62F4N4. The quantitative estimate of drug-likeness (QED) is 0.237. The first-order valence-electron chi connectivity index (χ1n) is 18.3. The zero-order valence-electron chi connectivity index (χ0n) is 32.3. The van der Waals surface area contributed by atoms with E-state index >= 15 is 0 Å². The molecule has 50 heavy (non-hydrogen) atoms. The van der Waals surface area contributed by atoms with Crippen LogP contribution in [0.15, 0.2) is 78.6 Å². The Labute approximate surface area is 300 Å². The van der Waals surface area contributed by atoms with Gasteiger partial charge in [0.1, 0.15) is 5.82 Å². The normalized spacial score (nSPS) is 17.0. The van der Waals surface area contributed by atoms with Crippen molar-refractivity contribution in [1.29, 1.82) is 0 Å². The third kappa shape index (κ3) is 12.3. The second kappa shape index (κ2) is 19.7. The molecule has 0 amide bonds. The van der Waals surface area contributed by atoms with Gasteiger partial charge in [-0.1, -0.05) is 116 Å². The van der Waals surface area contributed by atoms with Crippen LogP contribution in [0.4, 0.5) is 29.1 Å². The third-order valence-electron chi connectivity index (χ3n) is 9.12. The molecule has 5 rings (SSSR count). The topological polar surface area (TPSA) is 31.4 Å². The minimum Gasteiger partial charge on any atom is -0.394 e. The third-order valence-corrected chi connectivity index (χ3v) is 9.12. The standard InChI is InChI=1S/C15H23N.C13H17F2N.C12H16F2N2.C2H6/c1-11(2)14-8-6-7-9-15(14)13(4)12(3)10-16-5;1-10(2)11-5-3-4-6-12(11)16-8-7-13(14,15)9-16;1-9(2)10-4-3-6-15-11(10)16-7-5-12(13,14)8-16;1-2/h6-11,13,16H,1-5H3;3-6,10H,7-9H2,1-2H3;3-4,6,9H,5,7-8H2,1-2H3;1-2H3/b12-10+;;;. The van der Waals surface area contributed by atoms with Gasteiger partial charge in [-0.15, -0.1) is 0 Å². The van der Waals surface area contributed by atoms with Crippen LogP contribution in [0, 0.1) is 0 Å². The number of nitrogens with zero attached hydrogens (tertiary/aromatic N) is 3. The highest BCUT2D eigenvalue weighted by Gasteiger charge is 2.40. The van der Waals surface area contributed by atoms with E-state index in [1.807, 2.05) is 57.3 Å². The summed E-state index contributed by atoms with van der Waals surface area (Å²) in [6, 6.07) is 20.4. The molecule has 0 radical (unpaired) electrons. The van der Waals surface area contributed by atoms with Crippen LogP contribution in [-0.2, 0) is 0 Å². The Hall–Kier alpha value is -3.55. The number of alkyl halides is 4. The summed E-state index contributed by atoms with van der Waals surface area (Å²) in [6.45, 7) is 21.7.